The lowest BCUT2D eigenvalue weighted by Crippen LogP contribution is -2.31. The van der Waals surface area contributed by atoms with E-state index in [4.69, 9.17) is 4.74 Å². The Labute approximate surface area is 135 Å². The van der Waals surface area contributed by atoms with Crippen LogP contribution in [0.5, 0.6) is 0 Å². The zero-order valence-corrected chi connectivity index (χ0v) is 13.1. The molecule has 1 atom stereocenters. The zero-order chi connectivity index (χ0) is 16.7. The zero-order valence-electron chi connectivity index (χ0n) is 13.1. The minimum atomic E-state index is -0.901. The van der Waals surface area contributed by atoms with Gasteiger partial charge in [0.05, 0.1) is 0 Å². The molecule has 2 aromatic carbocycles. The lowest BCUT2D eigenvalue weighted by Gasteiger charge is -2.15. The largest absolute Gasteiger partial charge is 0.451 e. The van der Waals surface area contributed by atoms with Crippen LogP contribution in [0, 0.1) is 0 Å². The molecule has 0 saturated heterocycles. The lowest BCUT2D eigenvalue weighted by atomic mass is 10.0. The number of anilines is 1. The summed E-state index contributed by atoms with van der Waals surface area (Å²) in [5.74, 6) is -0.968. The van der Waals surface area contributed by atoms with E-state index in [0.717, 1.165) is 11.1 Å². The minimum absolute atomic E-state index is 0.182. The molecule has 5 heteroatoms. The molecule has 0 aliphatic heterocycles. The molecule has 0 aliphatic rings. The summed E-state index contributed by atoms with van der Waals surface area (Å²) in [7, 11) is 1.39. The van der Waals surface area contributed by atoms with Gasteiger partial charge >= 0.3 is 5.97 Å². The Morgan fingerprint density at radius 2 is 1.70 bits per heavy atom. The number of benzene rings is 2. The highest BCUT2D eigenvalue weighted by atomic mass is 16.6. The Hall–Kier alpha value is -2.66. The van der Waals surface area contributed by atoms with Crippen LogP contribution in [0.2, 0.25) is 0 Å². The van der Waals surface area contributed by atoms with Gasteiger partial charge in [0.1, 0.15) is 6.61 Å². The van der Waals surface area contributed by atoms with Gasteiger partial charge in [-0.1, -0.05) is 48.5 Å². The number of carbonyl (C=O) groups is 2. The number of carbonyl (C=O) groups excluding carboxylic acids is 2. The molecule has 5 nitrogen and oxygen atoms in total. The average Bonchev–Trinajstić information content (AvgIpc) is 2.56. The average molecular weight is 313 g/mol. The quantitative estimate of drug-likeness (QED) is 0.833. The van der Waals surface area contributed by atoms with Gasteiger partial charge in [-0.3, -0.25) is 4.79 Å². The number of methoxy groups -OCH3 is 1. The highest BCUT2D eigenvalue weighted by Crippen LogP contribution is 2.27. The highest BCUT2D eigenvalue weighted by Gasteiger charge is 2.18. The third-order valence-corrected chi connectivity index (χ3v) is 3.21. The van der Waals surface area contributed by atoms with Gasteiger partial charge in [-0.25, -0.2) is 4.79 Å². The van der Waals surface area contributed by atoms with Gasteiger partial charge in [-0.05, 0) is 18.6 Å². The van der Waals surface area contributed by atoms with Crippen molar-refractivity contribution in [2.45, 2.75) is 13.0 Å². The van der Waals surface area contributed by atoms with E-state index in [-0.39, 0.29) is 6.61 Å². The SMILES string of the molecule is COCC(=O)O[C@@H](C)C(=O)Nc1ccccc1-c1ccccc1. The first kappa shape index (κ1) is 16.7. The van der Waals surface area contributed by atoms with Crippen molar-refractivity contribution >= 4 is 17.6 Å². The summed E-state index contributed by atoms with van der Waals surface area (Å²) in [6.45, 7) is 1.34. The molecule has 0 spiro atoms. The fourth-order valence-electron chi connectivity index (χ4n) is 2.10. The molecule has 120 valence electrons. The highest BCUT2D eigenvalue weighted by molar-refractivity contribution is 5.98. The first-order valence-electron chi connectivity index (χ1n) is 7.25. The van der Waals surface area contributed by atoms with Crippen LogP contribution >= 0.6 is 0 Å². The summed E-state index contributed by atoms with van der Waals surface area (Å²) in [4.78, 5) is 23.6. The number of rotatable bonds is 6. The van der Waals surface area contributed by atoms with Crippen molar-refractivity contribution in [1.29, 1.82) is 0 Å². The molecule has 0 unspecified atom stereocenters. The topological polar surface area (TPSA) is 64.6 Å². The Kier molecular flexibility index (Phi) is 5.88. The van der Waals surface area contributed by atoms with Crippen molar-refractivity contribution in [3.8, 4) is 11.1 Å². The maximum Gasteiger partial charge on any atom is 0.332 e. The van der Waals surface area contributed by atoms with E-state index in [2.05, 4.69) is 10.1 Å². The molecule has 0 bridgehead atoms. The maximum absolute atomic E-state index is 12.2. The van der Waals surface area contributed by atoms with Gasteiger partial charge in [-0.2, -0.15) is 0 Å². The fraction of sp³-hybridized carbons (Fsp3) is 0.222. The van der Waals surface area contributed by atoms with Crippen molar-refractivity contribution in [2.75, 3.05) is 19.0 Å². The van der Waals surface area contributed by atoms with Crippen LogP contribution in [-0.4, -0.2) is 31.7 Å². The molecule has 1 amide bonds. The molecule has 2 rings (SSSR count). The van der Waals surface area contributed by atoms with E-state index in [0.29, 0.717) is 5.69 Å². The molecule has 23 heavy (non-hydrogen) atoms. The molecule has 0 aromatic heterocycles. The van der Waals surface area contributed by atoms with E-state index in [9.17, 15) is 9.59 Å². The molecule has 0 fully saturated rings. The lowest BCUT2D eigenvalue weighted by molar-refractivity contribution is -0.156. The molecule has 2 aromatic rings. The van der Waals surface area contributed by atoms with Gasteiger partial charge in [0.2, 0.25) is 0 Å². The van der Waals surface area contributed by atoms with Crippen LogP contribution in [0.3, 0.4) is 0 Å². The number of hydrogen-bond acceptors (Lipinski definition) is 4. The summed E-state index contributed by atoms with van der Waals surface area (Å²) in [5, 5.41) is 2.80. The van der Waals surface area contributed by atoms with E-state index in [1.165, 1.54) is 14.0 Å². The van der Waals surface area contributed by atoms with Crippen LogP contribution in [-0.2, 0) is 19.1 Å². The van der Waals surface area contributed by atoms with Crippen molar-refractivity contribution in [1.82, 2.24) is 0 Å². The van der Waals surface area contributed by atoms with Gasteiger partial charge in [-0.15, -0.1) is 0 Å². The van der Waals surface area contributed by atoms with Crippen LogP contribution in [0.1, 0.15) is 6.92 Å². The molecular formula is C18H19NO4. The van der Waals surface area contributed by atoms with E-state index < -0.39 is 18.0 Å². The summed E-state index contributed by atoms with van der Waals surface area (Å²) in [5.41, 5.74) is 2.56. The van der Waals surface area contributed by atoms with Crippen LogP contribution in [0.25, 0.3) is 11.1 Å². The van der Waals surface area contributed by atoms with E-state index in [1.54, 1.807) is 0 Å². The van der Waals surface area contributed by atoms with Crippen molar-refractivity contribution in [3.63, 3.8) is 0 Å². The number of ether oxygens (including phenoxy) is 2. The van der Waals surface area contributed by atoms with Crippen molar-refractivity contribution < 1.29 is 19.1 Å². The number of para-hydroxylation sites is 1. The first-order valence-corrected chi connectivity index (χ1v) is 7.25. The van der Waals surface area contributed by atoms with Gasteiger partial charge in [0.25, 0.3) is 5.91 Å². The second-order valence-corrected chi connectivity index (χ2v) is 4.97. The summed E-state index contributed by atoms with van der Waals surface area (Å²) >= 11 is 0. The Morgan fingerprint density at radius 1 is 1.04 bits per heavy atom. The monoisotopic (exact) mass is 313 g/mol. The Bertz CT molecular complexity index is 670. The van der Waals surface area contributed by atoms with Crippen LogP contribution in [0.4, 0.5) is 5.69 Å². The molecular weight excluding hydrogens is 294 g/mol. The van der Waals surface area contributed by atoms with Gasteiger partial charge in [0.15, 0.2) is 6.10 Å². The molecule has 0 heterocycles. The molecule has 0 saturated carbocycles. The second kappa shape index (κ2) is 8.10. The number of hydrogen-bond donors (Lipinski definition) is 1. The summed E-state index contributed by atoms with van der Waals surface area (Å²) in [6.07, 6.45) is -0.901. The third-order valence-electron chi connectivity index (χ3n) is 3.21. The smallest absolute Gasteiger partial charge is 0.332 e. The second-order valence-electron chi connectivity index (χ2n) is 4.97. The number of esters is 1. The molecule has 1 N–H and O–H groups in total. The van der Waals surface area contributed by atoms with Crippen LogP contribution in [0.15, 0.2) is 54.6 Å². The maximum atomic E-state index is 12.2. The third kappa shape index (κ3) is 4.66. The predicted octanol–water partition coefficient (Wildman–Crippen LogP) is 2.87. The van der Waals surface area contributed by atoms with Crippen molar-refractivity contribution in [3.05, 3.63) is 54.6 Å². The number of nitrogens with one attached hydrogen (secondary N) is 1. The Balaban J connectivity index is 2.11. The van der Waals surface area contributed by atoms with Gasteiger partial charge in [0, 0.05) is 18.4 Å². The normalized spacial score (nSPS) is 11.6. The van der Waals surface area contributed by atoms with Crippen molar-refractivity contribution in [2.24, 2.45) is 0 Å². The van der Waals surface area contributed by atoms with E-state index >= 15 is 0 Å². The summed E-state index contributed by atoms with van der Waals surface area (Å²) in [6, 6.07) is 17.2. The van der Waals surface area contributed by atoms with Crippen LogP contribution < -0.4 is 5.32 Å². The molecule has 0 radical (unpaired) electrons. The minimum Gasteiger partial charge on any atom is -0.451 e. The summed E-state index contributed by atoms with van der Waals surface area (Å²) < 4.78 is 9.67. The Morgan fingerprint density at radius 3 is 2.39 bits per heavy atom. The first-order chi connectivity index (χ1) is 11.1. The molecule has 0 aliphatic carbocycles. The van der Waals surface area contributed by atoms with Gasteiger partial charge < -0.3 is 14.8 Å². The van der Waals surface area contributed by atoms with E-state index in [1.807, 2.05) is 54.6 Å². The predicted molar refractivity (Wildman–Crippen MR) is 87.9 cm³/mol. The standard InChI is InChI=1S/C18H19NO4/c1-13(23-17(20)12-22-2)18(21)19-16-11-7-6-10-15(16)14-8-4-3-5-9-14/h3-11,13H,12H2,1-2H3,(H,19,21)/t13-/m0/s1. The number of amides is 1. The fourth-order valence-corrected chi connectivity index (χ4v) is 2.10.